The van der Waals surface area contributed by atoms with Crippen LogP contribution in [0.4, 0.5) is 0 Å². The lowest BCUT2D eigenvalue weighted by molar-refractivity contribution is -0.294. The maximum absolute atomic E-state index is 11.3. The summed E-state index contributed by atoms with van der Waals surface area (Å²) in [5, 5.41) is 56.7. The monoisotopic (exact) mass is 345 g/mol. The summed E-state index contributed by atoms with van der Waals surface area (Å²) in [6.07, 6.45) is -7.43. The Labute approximate surface area is 125 Å². The summed E-state index contributed by atoms with van der Waals surface area (Å²) in [7, 11) is -3.89. The Kier molecular flexibility index (Phi) is 5.86. The van der Waals surface area contributed by atoms with Crippen molar-refractivity contribution in [1.29, 1.82) is 0 Å². The summed E-state index contributed by atoms with van der Waals surface area (Å²) in [6, 6.07) is -1.54. The van der Waals surface area contributed by atoms with Gasteiger partial charge in [0.2, 0.25) is 10.0 Å². The number of aliphatic hydroxyl groups excluding tert-OH is 4. The molecule has 7 N–H and O–H groups in total. The van der Waals surface area contributed by atoms with Crippen LogP contribution in [-0.4, -0.2) is 94.1 Å². The van der Waals surface area contributed by atoms with E-state index in [4.69, 9.17) is 14.9 Å². The number of aliphatic hydroxyl groups is 5. The second kappa shape index (κ2) is 6.72. The van der Waals surface area contributed by atoms with E-state index in [9.17, 15) is 33.6 Å². The molecule has 1 rings (SSSR count). The Morgan fingerprint density at radius 3 is 2.41 bits per heavy atom. The van der Waals surface area contributed by atoms with Crippen molar-refractivity contribution in [3.8, 4) is 0 Å². The largest absolute Gasteiger partial charge is 0.477 e. The summed E-state index contributed by atoms with van der Waals surface area (Å²) in [5.74, 6) is -4.74. The van der Waals surface area contributed by atoms with Gasteiger partial charge in [0, 0.05) is 6.42 Å². The predicted molar refractivity (Wildman–Crippen MR) is 68.9 cm³/mol. The average molecular weight is 345 g/mol. The van der Waals surface area contributed by atoms with Crippen molar-refractivity contribution in [3.63, 3.8) is 0 Å². The molecule has 0 saturated carbocycles. The fourth-order valence-electron chi connectivity index (χ4n) is 2.12. The molecule has 0 aliphatic carbocycles. The first-order valence-corrected chi connectivity index (χ1v) is 8.06. The SMILES string of the molecule is CS(=O)(=O)N[C@H]1[C@H]([C@H](O)[C@H](O)CO)OC(O)(C(=O)O)C[C@@H]1O. The lowest BCUT2D eigenvalue weighted by Gasteiger charge is -2.44. The van der Waals surface area contributed by atoms with Crippen molar-refractivity contribution in [3.05, 3.63) is 0 Å². The molecule has 0 spiro atoms. The number of sulfonamides is 1. The van der Waals surface area contributed by atoms with E-state index >= 15 is 0 Å². The minimum Gasteiger partial charge on any atom is -0.477 e. The zero-order chi connectivity index (χ0) is 17.3. The van der Waals surface area contributed by atoms with Crippen LogP contribution in [0.5, 0.6) is 0 Å². The molecule has 0 aromatic rings. The number of carboxylic acid groups (broad SMARTS) is 1. The molecule has 0 amide bonds. The molecule has 1 aliphatic heterocycles. The Bertz CT molecular complexity index is 510. The quantitative estimate of drug-likeness (QED) is 0.247. The topological polar surface area (TPSA) is 194 Å². The fraction of sp³-hybridized carbons (Fsp3) is 0.900. The van der Waals surface area contributed by atoms with Gasteiger partial charge in [-0.05, 0) is 0 Å². The molecule has 6 atom stereocenters. The Morgan fingerprint density at radius 2 is 2.00 bits per heavy atom. The highest BCUT2D eigenvalue weighted by molar-refractivity contribution is 7.88. The average Bonchev–Trinajstić information content (AvgIpc) is 2.38. The van der Waals surface area contributed by atoms with Crippen molar-refractivity contribution < 1.29 is 48.6 Å². The van der Waals surface area contributed by atoms with Crippen molar-refractivity contribution in [2.45, 2.75) is 42.7 Å². The molecule has 11 nitrogen and oxygen atoms in total. The van der Waals surface area contributed by atoms with Crippen LogP contribution < -0.4 is 4.72 Å². The van der Waals surface area contributed by atoms with Crippen molar-refractivity contribution in [2.24, 2.45) is 0 Å². The number of nitrogens with one attached hydrogen (secondary N) is 1. The molecule has 0 aromatic heterocycles. The summed E-state index contributed by atoms with van der Waals surface area (Å²) in [5.41, 5.74) is 0. The zero-order valence-electron chi connectivity index (χ0n) is 11.5. The number of carboxylic acids is 1. The Balaban J connectivity index is 3.16. The van der Waals surface area contributed by atoms with Gasteiger partial charge < -0.3 is 35.4 Å². The molecule has 0 radical (unpaired) electrons. The number of hydrogen-bond acceptors (Lipinski definition) is 9. The molecule has 1 aliphatic rings. The Morgan fingerprint density at radius 1 is 1.45 bits per heavy atom. The minimum absolute atomic E-state index is 0.754. The molecule has 1 unspecified atom stereocenters. The van der Waals surface area contributed by atoms with E-state index in [-0.39, 0.29) is 0 Å². The van der Waals surface area contributed by atoms with E-state index in [0.29, 0.717) is 0 Å². The van der Waals surface area contributed by atoms with Gasteiger partial charge in [0.05, 0.1) is 25.0 Å². The third-order valence-corrected chi connectivity index (χ3v) is 3.89. The van der Waals surface area contributed by atoms with Crippen LogP contribution in [0.15, 0.2) is 0 Å². The highest BCUT2D eigenvalue weighted by atomic mass is 32.2. The third kappa shape index (κ3) is 4.33. The first-order chi connectivity index (χ1) is 9.91. The van der Waals surface area contributed by atoms with E-state index < -0.39 is 65.3 Å². The molecule has 1 fully saturated rings. The first-order valence-electron chi connectivity index (χ1n) is 6.17. The van der Waals surface area contributed by atoms with E-state index in [2.05, 4.69) is 0 Å². The van der Waals surface area contributed by atoms with Crippen LogP contribution in [-0.2, 0) is 19.6 Å². The molecular weight excluding hydrogens is 326 g/mol. The molecule has 1 heterocycles. The number of ether oxygens (including phenoxy) is 1. The highest BCUT2D eigenvalue weighted by Gasteiger charge is 2.54. The molecule has 0 bridgehead atoms. The maximum Gasteiger partial charge on any atom is 0.364 e. The van der Waals surface area contributed by atoms with Gasteiger partial charge in [-0.2, -0.15) is 0 Å². The van der Waals surface area contributed by atoms with E-state index in [1.54, 1.807) is 0 Å². The van der Waals surface area contributed by atoms with E-state index in [0.717, 1.165) is 6.26 Å². The predicted octanol–water partition coefficient (Wildman–Crippen LogP) is -4.46. The van der Waals surface area contributed by atoms with Gasteiger partial charge in [-0.3, -0.25) is 0 Å². The molecular formula is C10H19NO10S. The van der Waals surface area contributed by atoms with Gasteiger partial charge in [-0.1, -0.05) is 0 Å². The van der Waals surface area contributed by atoms with E-state index in [1.807, 2.05) is 4.72 Å². The number of carbonyl (C=O) groups is 1. The minimum atomic E-state index is -3.89. The number of hydrogen-bond donors (Lipinski definition) is 7. The third-order valence-electron chi connectivity index (χ3n) is 3.19. The fourth-order valence-corrected chi connectivity index (χ4v) is 2.90. The van der Waals surface area contributed by atoms with Crippen molar-refractivity contribution in [1.82, 2.24) is 4.72 Å². The second-order valence-electron chi connectivity index (χ2n) is 5.10. The first kappa shape index (κ1) is 19.2. The van der Waals surface area contributed by atoms with Gasteiger partial charge in [-0.25, -0.2) is 17.9 Å². The number of aliphatic carboxylic acids is 1. The summed E-state index contributed by atoms with van der Waals surface area (Å²) < 4.78 is 29.3. The van der Waals surface area contributed by atoms with Gasteiger partial charge in [0.25, 0.3) is 5.79 Å². The van der Waals surface area contributed by atoms with Crippen molar-refractivity contribution in [2.75, 3.05) is 12.9 Å². The maximum atomic E-state index is 11.3. The number of rotatable bonds is 6. The van der Waals surface area contributed by atoms with Crippen molar-refractivity contribution >= 4 is 16.0 Å². The molecule has 12 heteroatoms. The normalized spacial score (nSPS) is 35.8. The zero-order valence-corrected chi connectivity index (χ0v) is 12.3. The van der Waals surface area contributed by atoms with Gasteiger partial charge in [-0.15, -0.1) is 0 Å². The lowest BCUT2D eigenvalue weighted by atomic mass is 9.89. The molecule has 1 saturated heterocycles. The summed E-state index contributed by atoms with van der Waals surface area (Å²) in [6.45, 7) is -0.936. The lowest BCUT2D eigenvalue weighted by Crippen LogP contribution is -2.67. The van der Waals surface area contributed by atoms with Crippen LogP contribution in [0.3, 0.4) is 0 Å². The van der Waals surface area contributed by atoms with E-state index in [1.165, 1.54) is 0 Å². The molecule has 0 aromatic carbocycles. The van der Waals surface area contributed by atoms with Gasteiger partial charge >= 0.3 is 5.97 Å². The van der Waals surface area contributed by atoms with Crippen LogP contribution in [0.2, 0.25) is 0 Å². The standard InChI is InChI=1S/C10H19NO10S/c1-22(19,20)11-6-4(13)2-10(18,9(16)17)21-8(6)7(15)5(14)3-12/h4-8,11-15,18H,2-3H2,1H3,(H,16,17)/t4-,5+,6+,7+,8+,10?/m0/s1. The van der Waals surface area contributed by atoms with Crippen LogP contribution in [0, 0.1) is 0 Å². The van der Waals surface area contributed by atoms with Gasteiger partial charge in [0.15, 0.2) is 0 Å². The summed E-state index contributed by atoms with van der Waals surface area (Å²) in [4.78, 5) is 11.0. The summed E-state index contributed by atoms with van der Waals surface area (Å²) >= 11 is 0. The smallest absolute Gasteiger partial charge is 0.364 e. The van der Waals surface area contributed by atoms with Crippen LogP contribution >= 0.6 is 0 Å². The highest BCUT2D eigenvalue weighted by Crippen LogP contribution is 2.30. The van der Waals surface area contributed by atoms with Crippen LogP contribution in [0.1, 0.15) is 6.42 Å². The Hall–Kier alpha value is -0.860. The molecule has 22 heavy (non-hydrogen) atoms. The molecule has 130 valence electrons. The van der Waals surface area contributed by atoms with Gasteiger partial charge in [0.1, 0.15) is 18.3 Å². The second-order valence-corrected chi connectivity index (χ2v) is 6.88. The van der Waals surface area contributed by atoms with Crippen LogP contribution in [0.25, 0.3) is 0 Å².